The molecule has 0 aromatic carbocycles. The second kappa shape index (κ2) is 30.3. The SMILES string of the molecule is CC.CC/C=C\C(=C/CC)C(O)C(C)NC(=O)C(C)C(OC)C1CCCN1C(=O)CC(OC)C(C(C)CC)N(C)C(=O)CNC(=O)C(C(C)C)N(C)C.CCC. The number of aliphatic hydroxyl groups excluding tert-OH is 1. The number of ether oxygens (including phenoxy) is 2. The predicted octanol–water partition coefficient (Wildman–Crippen LogP) is 6.22. The smallest absolute Gasteiger partial charge is 0.242 e. The number of hydrogen-bond acceptors (Lipinski definition) is 8. The zero-order valence-corrected chi connectivity index (χ0v) is 38.6. The number of carbonyl (C=O) groups is 4. The minimum atomic E-state index is -0.866. The van der Waals surface area contributed by atoms with E-state index in [4.69, 9.17) is 9.47 Å². The molecule has 12 nitrogen and oxygen atoms in total. The van der Waals surface area contributed by atoms with E-state index in [-0.39, 0.29) is 60.5 Å². The molecule has 9 unspecified atom stereocenters. The van der Waals surface area contributed by atoms with Gasteiger partial charge < -0.3 is 35.0 Å². The first kappa shape index (κ1) is 55.3. The van der Waals surface area contributed by atoms with Gasteiger partial charge >= 0.3 is 0 Å². The zero-order chi connectivity index (χ0) is 43.7. The summed E-state index contributed by atoms with van der Waals surface area (Å²) in [6, 6.07) is -1.64. The molecule has 328 valence electrons. The van der Waals surface area contributed by atoms with E-state index in [2.05, 4.69) is 24.5 Å². The summed E-state index contributed by atoms with van der Waals surface area (Å²) in [6.45, 7) is 24.2. The van der Waals surface area contributed by atoms with Crippen LogP contribution in [0.4, 0.5) is 0 Å². The predicted molar refractivity (Wildman–Crippen MR) is 230 cm³/mol. The summed E-state index contributed by atoms with van der Waals surface area (Å²) >= 11 is 0. The average molecular weight is 796 g/mol. The summed E-state index contributed by atoms with van der Waals surface area (Å²) in [7, 11) is 8.50. The third-order valence-electron chi connectivity index (χ3n) is 10.3. The number of nitrogens with zero attached hydrogens (tertiary/aromatic N) is 3. The third kappa shape index (κ3) is 17.8. The molecule has 1 aliphatic rings. The summed E-state index contributed by atoms with van der Waals surface area (Å²) in [6.07, 6.45) is 8.91. The van der Waals surface area contributed by atoms with Gasteiger partial charge in [-0.3, -0.25) is 24.1 Å². The fraction of sp³-hybridized carbons (Fsp3) is 0.818. The van der Waals surface area contributed by atoms with Crippen LogP contribution in [-0.2, 0) is 28.7 Å². The van der Waals surface area contributed by atoms with Gasteiger partial charge in [0.05, 0.1) is 61.4 Å². The van der Waals surface area contributed by atoms with Crippen LogP contribution in [-0.4, -0.2) is 134 Å². The van der Waals surface area contributed by atoms with Crippen molar-refractivity contribution in [2.24, 2.45) is 17.8 Å². The number of methoxy groups -OCH3 is 2. The van der Waals surface area contributed by atoms with Crippen molar-refractivity contribution in [3.05, 3.63) is 23.8 Å². The monoisotopic (exact) mass is 796 g/mol. The van der Waals surface area contributed by atoms with Crippen LogP contribution in [0.25, 0.3) is 0 Å². The van der Waals surface area contributed by atoms with Gasteiger partial charge in [0.2, 0.25) is 23.6 Å². The molecule has 1 aliphatic heterocycles. The topological polar surface area (TPSA) is 141 Å². The largest absolute Gasteiger partial charge is 0.386 e. The Morgan fingerprint density at radius 2 is 1.50 bits per heavy atom. The number of rotatable bonds is 22. The van der Waals surface area contributed by atoms with E-state index >= 15 is 0 Å². The van der Waals surface area contributed by atoms with Crippen LogP contribution >= 0.6 is 0 Å². The van der Waals surface area contributed by atoms with E-state index in [1.807, 2.05) is 92.6 Å². The van der Waals surface area contributed by atoms with Gasteiger partial charge in [-0.05, 0) is 64.1 Å². The number of allylic oxidation sites excluding steroid dienone is 2. The third-order valence-corrected chi connectivity index (χ3v) is 10.3. The molecule has 12 heteroatoms. The molecule has 1 saturated heterocycles. The van der Waals surface area contributed by atoms with E-state index in [1.165, 1.54) is 6.42 Å². The number of aliphatic hydroxyl groups is 1. The van der Waals surface area contributed by atoms with Gasteiger partial charge in [-0.2, -0.15) is 0 Å². The molecule has 0 saturated carbocycles. The molecule has 56 heavy (non-hydrogen) atoms. The van der Waals surface area contributed by atoms with Gasteiger partial charge in [-0.1, -0.05) is 107 Å². The van der Waals surface area contributed by atoms with E-state index in [1.54, 1.807) is 44.9 Å². The highest BCUT2D eigenvalue weighted by Gasteiger charge is 2.42. The highest BCUT2D eigenvalue weighted by Crippen LogP contribution is 2.29. The van der Waals surface area contributed by atoms with E-state index < -0.39 is 36.3 Å². The molecular formula is C44H85N5O7. The Kier molecular flexibility index (Phi) is 29.9. The van der Waals surface area contributed by atoms with Crippen molar-refractivity contribution < 1.29 is 33.8 Å². The number of likely N-dealkylation sites (tertiary alicyclic amines) is 1. The molecule has 0 radical (unpaired) electrons. The summed E-state index contributed by atoms with van der Waals surface area (Å²) < 4.78 is 11.8. The Balaban J connectivity index is 0. The second-order valence-electron chi connectivity index (χ2n) is 15.4. The number of carbonyl (C=O) groups excluding carboxylic acids is 4. The molecule has 0 aromatic rings. The van der Waals surface area contributed by atoms with Crippen LogP contribution in [0.5, 0.6) is 0 Å². The Morgan fingerprint density at radius 3 is 1.96 bits per heavy atom. The Hall–Kier alpha value is -2.80. The minimum Gasteiger partial charge on any atom is -0.386 e. The highest BCUT2D eigenvalue weighted by atomic mass is 16.5. The van der Waals surface area contributed by atoms with Crippen LogP contribution in [0.1, 0.15) is 128 Å². The first-order chi connectivity index (χ1) is 26.4. The maximum absolute atomic E-state index is 14.0. The van der Waals surface area contributed by atoms with Crippen molar-refractivity contribution in [3.63, 3.8) is 0 Å². The number of hydrogen-bond donors (Lipinski definition) is 3. The van der Waals surface area contributed by atoms with Gasteiger partial charge in [0.25, 0.3) is 0 Å². The van der Waals surface area contributed by atoms with Crippen molar-refractivity contribution in [1.82, 2.24) is 25.3 Å². The molecule has 1 rings (SSSR count). The molecule has 0 aromatic heterocycles. The molecule has 0 spiro atoms. The zero-order valence-electron chi connectivity index (χ0n) is 38.6. The maximum atomic E-state index is 14.0. The molecule has 0 aliphatic carbocycles. The van der Waals surface area contributed by atoms with Crippen LogP contribution in [0, 0.1) is 17.8 Å². The summed E-state index contributed by atoms with van der Waals surface area (Å²) in [5.74, 6) is -1.38. The number of likely N-dealkylation sites (N-methyl/N-ethyl adjacent to an activating group) is 2. The second-order valence-corrected chi connectivity index (χ2v) is 15.4. The Morgan fingerprint density at radius 1 is 0.911 bits per heavy atom. The Labute approximate surface area is 342 Å². The lowest BCUT2D eigenvalue weighted by molar-refractivity contribution is -0.146. The van der Waals surface area contributed by atoms with Crippen molar-refractivity contribution in [3.8, 4) is 0 Å². The maximum Gasteiger partial charge on any atom is 0.242 e. The summed E-state index contributed by atoms with van der Waals surface area (Å²) in [5.41, 5.74) is 0.764. The molecule has 9 atom stereocenters. The fourth-order valence-corrected chi connectivity index (χ4v) is 7.35. The van der Waals surface area contributed by atoms with Crippen LogP contribution in [0.2, 0.25) is 0 Å². The molecule has 4 amide bonds. The quantitative estimate of drug-likeness (QED) is 0.110. The van der Waals surface area contributed by atoms with Gasteiger partial charge in [0.1, 0.15) is 0 Å². The summed E-state index contributed by atoms with van der Waals surface area (Å²) in [4.78, 5) is 59.2. The lowest BCUT2D eigenvalue weighted by Crippen LogP contribution is -2.55. The first-order valence-corrected chi connectivity index (χ1v) is 21.3. The van der Waals surface area contributed by atoms with Gasteiger partial charge in [0, 0.05) is 27.8 Å². The first-order valence-electron chi connectivity index (χ1n) is 21.3. The lowest BCUT2D eigenvalue weighted by atomic mass is 9.90. The van der Waals surface area contributed by atoms with E-state index in [9.17, 15) is 24.3 Å². The fourth-order valence-electron chi connectivity index (χ4n) is 7.35. The normalized spacial score (nSPS) is 18.8. The average Bonchev–Trinajstić information content (AvgIpc) is 3.65. The van der Waals surface area contributed by atoms with Gasteiger partial charge in [-0.25, -0.2) is 0 Å². The molecule has 0 bridgehead atoms. The van der Waals surface area contributed by atoms with E-state index in [0.717, 1.165) is 31.3 Å². The van der Waals surface area contributed by atoms with Crippen LogP contribution in [0.3, 0.4) is 0 Å². The van der Waals surface area contributed by atoms with Gasteiger partial charge in [0.15, 0.2) is 0 Å². The molecular weight excluding hydrogens is 711 g/mol. The van der Waals surface area contributed by atoms with Crippen LogP contribution in [0.15, 0.2) is 23.8 Å². The molecule has 1 fully saturated rings. The van der Waals surface area contributed by atoms with Gasteiger partial charge in [-0.15, -0.1) is 0 Å². The highest BCUT2D eigenvalue weighted by molar-refractivity contribution is 5.87. The molecule has 1 heterocycles. The molecule has 3 N–H and O–H groups in total. The lowest BCUT2D eigenvalue weighted by Gasteiger charge is -2.39. The number of nitrogens with one attached hydrogen (secondary N) is 2. The number of amides is 4. The standard InChI is InChI=1S/C39H71N5O7.C3H8.C2H6/c1-14-17-20-29(19-15-2)36(47)28(8)41-38(48)27(7)37(51-13)30-21-18-22-44(30)32(45)23-31(50-12)35(26(6)16-3)43(11)33(46)24-40-39(49)34(25(4)5)42(9)10;1-3-2;1-2/h17,19-20,25-28,30-31,34-37,47H,14-16,18,21-24H2,1-13H3,(H,40,49)(H,41,48);3H2,1-2H3;1-2H3/b20-17-,29-19+;;. The van der Waals surface area contributed by atoms with E-state index in [0.29, 0.717) is 13.0 Å². The summed E-state index contributed by atoms with van der Waals surface area (Å²) in [5, 5.41) is 16.8. The van der Waals surface area contributed by atoms with Crippen molar-refractivity contribution >= 4 is 23.6 Å². The van der Waals surface area contributed by atoms with Crippen LogP contribution < -0.4 is 10.6 Å². The van der Waals surface area contributed by atoms with Crippen molar-refractivity contribution in [2.45, 2.75) is 171 Å². The van der Waals surface area contributed by atoms with Crippen molar-refractivity contribution in [1.29, 1.82) is 0 Å². The Bertz CT molecular complexity index is 1170. The minimum absolute atomic E-state index is 0.00453. The van der Waals surface area contributed by atoms with Crippen molar-refractivity contribution in [2.75, 3.05) is 48.5 Å².